The molecule has 194 valence electrons. The smallest absolute Gasteiger partial charge is 0.163 e. The van der Waals surface area contributed by atoms with Crippen LogP contribution >= 0.6 is 11.6 Å². The second-order valence-electron chi connectivity index (χ2n) is 8.78. The van der Waals surface area contributed by atoms with E-state index in [1.54, 1.807) is 38.6 Å². The Bertz CT molecular complexity index is 1320. The first kappa shape index (κ1) is 26.5. The lowest BCUT2D eigenvalue weighted by Gasteiger charge is -2.22. The Balaban J connectivity index is 1.81. The summed E-state index contributed by atoms with van der Waals surface area (Å²) in [5.74, 6) is 1.72. The minimum Gasteiger partial charge on any atom is -0.491 e. The number of benzene rings is 1. The molecule has 4 N–H and O–H groups in total. The Labute approximate surface area is 221 Å². The molecule has 37 heavy (non-hydrogen) atoms. The molecule has 10 nitrogen and oxygen atoms in total. The number of halogens is 1. The minimum atomic E-state index is -0.646. The van der Waals surface area contributed by atoms with Crippen molar-refractivity contribution >= 4 is 23.1 Å². The number of rotatable bonds is 9. The third-order valence-corrected chi connectivity index (χ3v) is 6.46. The van der Waals surface area contributed by atoms with E-state index in [1.807, 2.05) is 20.0 Å². The van der Waals surface area contributed by atoms with Crippen LogP contribution in [0.3, 0.4) is 0 Å². The van der Waals surface area contributed by atoms with Gasteiger partial charge in [0, 0.05) is 43.0 Å². The average molecular weight is 523 g/mol. The van der Waals surface area contributed by atoms with Crippen molar-refractivity contribution in [3.63, 3.8) is 0 Å². The number of allylic oxidation sites excluding steroid dienone is 1. The molecule has 0 fully saturated rings. The normalized spacial score (nSPS) is 14.6. The van der Waals surface area contributed by atoms with Crippen LogP contribution in [-0.2, 0) is 13.1 Å². The number of ether oxygens (including phenoxy) is 1. The van der Waals surface area contributed by atoms with Crippen LogP contribution in [0.2, 0.25) is 5.02 Å². The largest absolute Gasteiger partial charge is 0.491 e. The molecular weight excluding hydrogens is 492 g/mol. The summed E-state index contributed by atoms with van der Waals surface area (Å²) in [6.45, 7) is 5.64. The molecule has 11 heteroatoms. The Kier molecular flexibility index (Phi) is 8.32. The summed E-state index contributed by atoms with van der Waals surface area (Å²) >= 11 is 6.64. The highest BCUT2D eigenvalue weighted by molar-refractivity contribution is 6.33. The van der Waals surface area contributed by atoms with Crippen molar-refractivity contribution in [3.05, 3.63) is 70.0 Å². The number of hydrogen-bond acceptors (Lipinski definition) is 10. The summed E-state index contributed by atoms with van der Waals surface area (Å²) in [6.07, 6.45) is 4.26. The van der Waals surface area contributed by atoms with Crippen molar-refractivity contribution in [1.82, 2.24) is 25.3 Å². The molecule has 0 radical (unpaired) electrons. The molecule has 1 aliphatic rings. The third-order valence-electron chi connectivity index (χ3n) is 6.14. The lowest BCUT2D eigenvalue weighted by atomic mass is 10.0. The maximum atomic E-state index is 10.0. The van der Waals surface area contributed by atoms with E-state index in [4.69, 9.17) is 32.0 Å². The predicted molar refractivity (Wildman–Crippen MR) is 145 cm³/mol. The number of aromatic nitrogens is 4. The number of likely N-dealkylation sites (N-methyl/N-ethyl adjacent to an activating group) is 1. The average Bonchev–Trinajstić information content (AvgIpc) is 3.33. The third kappa shape index (κ3) is 5.71. The van der Waals surface area contributed by atoms with Gasteiger partial charge >= 0.3 is 0 Å². The minimum absolute atomic E-state index is 0.132. The van der Waals surface area contributed by atoms with E-state index in [0.717, 1.165) is 28.2 Å². The van der Waals surface area contributed by atoms with E-state index in [9.17, 15) is 5.11 Å². The monoisotopic (exact) mass is 522 g/mol. The van der Waals surface area contributed by atoms with Gasteiger partial charge in [-0.3, -0.25) is 4.99 Å². The molecule has 0 bridgehead atoms. The van der Waals surface area contributed by atoms with Gasteiger partial charge < -0.3 is 25.8 Å². The van der Waals surface area contributed by atoms with Gasteiger partial charge in [0.15, 0.2) is 5.82 Å². The van der Waals surface area contributed by atoms with Gasteiger partial charge in [-0.15, -0.1) is 0 Å². The highest BCUT2D eigenvalue weighted by Gasteiger charge is 2.27. The molecule has 3 aromatic rings. The zero-order valence-corrected chi connectivity index (χ0v) is 22.1. The van der Waals surface area contributed by atoms with E-state index in [1.165, 1.54) is 6.20 Å². The highest BCUT2D eigenvalue weighted by Crippen LogP contribution is 2.35. The number of nitrogens with zero attached hydrogens (tertiary/aromatic N) is 6. The summed E-state index contributed by atoms with van der Waals surface area (Å²) < 4.78 is 5.81. The number of aliphatic hydroxyl groups is 1. The van der Waals surface area contributed by atoms with Crippen LogP contribution in [0.4, 0.5) is 5.82 Å². The summed E-state index contributed by atoms with van der Waals surface area (Å²) in [5.41, 5.74) is 11.5. The van der Waals surface area contributed by atoms with E-state index in [0.29, 0.717) is 53.2 Å². The van der Waals surface area contributed by atoms with Crippen LogP contribution < -0.4 is 20.7 Å². The summed E-state index contributed by atoms with van der Waals surface area (Å²) in [5, 5.41) is 13.4. The first-order valence-electron chi connectivity index (χ1n) is 11.9. The Morgan fingerprint density at radius 1 is 1.35 bits per heavy atom. The van der Waals surface area contributed by atoms with Crippen molar-refractivity contribution < 1.29 is 9.84 Å². The van der Waals surface area contributed by atoms with Crippen LogP contribution in [0.15, 0.2) is 47.5 Å². The van der Waals surface area contributed by atoms with Crippen LogP contribution in [0.5, 0.6) is 5.75 Å². The van der Waals surface area contributed by atoms with Crippen molar-refractivity contribution in [1.29, 1.82) is 0 Å². The summed E-state index contributed by atoms with van der Waals surface area (Å²) in [7, 11) is 3.48. The fourth-order valence-electron chi connectivity index (χ4n) is 4.21. The van der Waals surface area contributed by atoms with Gasteiger partial charge in [-0.05, 0) is 50.9 Å². The Morgan fingerprint density at radius 2 is 2.16 bits per heavy atom. The van der Waals surface area contributed by atoms with Crippen LogP contribution in [0.25, 0.3) is 11.4 Å². The Morgan fingerprint density at radius 3 is 2.86 bits per heavy atom. The number of hydrogen-bond donors (Lipinski definition) is 3. The second-order valence-corrected chi connectivity index (χ2v) is 9.19. The maximum Gasteiger partial charge on any atom is 0.163 e. The van der Waals surface area contributed by atoms with Gasteiger partial charge in [0.25, 0.3) is 0 Å². The molecule has 1 aromatic carbocycles. The molecule has 0 saturated heterocycles. The number of nitrogens with two attached hydrogens (primary N) is 1. The lowest BCUT2D eigenvalue weighted by molar-refractivity contribution is 0.108. The highest BCUT2D eigenvalue weighted by atomic mass is 35.5. The van der Waals surface area contributed by atoms with Gasteiger partial charge in [0.1, 0.15) is 30.6 Å². The molecular formula is C26H31ClN8O2. The fraction of sp³-hybridized carbons (Fsp3) is 0.346. The van der Waals surface area contributed by atoms with Gasteiger partial charge in [0.05, 0.1) is 28.7 Å². The quantitative estimate of drug-likeness (QED) is 0.362. The topological polar surface area (TPSA) is 135 Å². The number of aliphatic imine (C=N–C) groups is 1. The van der Waals surface area contributed by atoms with Crippen molar-refractivity contribution in [3.8, 4) is 17.1 Å². The molecule has 0 amide bonds. The van der Waals surface area contributed by atoms with Crippen molar-refractivity contribution in [2.75, 3.05) is 32.1 Å². The number of fused-ring (bicyclic) bond motifs is 1. The zero-order chi connectivity index (χ0) is 26.5. The second kappa shape index (κ2) is 11.6. The lowest BCUT2D eigenvalue weighted by Crippen LogP contribution is -2.29. The number of aliphatic hydroxyl groups excluding tert-OH is 1. The van der Waals surface area contributed by atoms with Crippen LogP contribution in [0, 0.1) is 6.92 Å². The number of anilines is 1. The van der Waals surface area contributed by atoms with E-state index < -0.39 is 6.10 Å². The first-order valence-corrected chi connectivity index (χ1v) is 12.3. The van der Waals surface area contributed by atoms with Crippen molar-refractivity contribution in [2.24, 2.45) is 10.7 Å². The molecule has 1 atom stereocenters. The molecule has 2 aromatic heterocycles. The SMILES string of the molecule is CN=C(C(C)=CN)c1nc(-c2cc(OC[C@H](O)CNC)ccc2Cl)nc(N2Cc3cncnc3C2)c1C. The molecule has 0 spiro atoms. The van der Waals surface area contributed by atoms with Gasteiger partial charge in [0.2, 0.25) is 0 Å². The zero-order valence-electron chi connectivity index (χ0n) is 21.4. The summed E-state index contributed by atoms with van der Waals surface area (Å²) in [6, 6.07) is 5.27. The molecule has 0 saturated carbocycles. The van der Waals surface area contributed by atoms with E-state index in [-0.39, 0.29) is 6.61 Å². The standard InChI is InChI=1S/C26H31ClN8O2/c1-15(8-28)23(30-4)24-16(2)26(35-11-17-9-31-14-32-22(17)12-35)34-25(33-24)20-7-19(5-6-21(20)27)37-13-18(36)10-29-3/h5-9,14,18,29,36H,10-13,28H2,1-4H3/t18-/m1/s1. The van der Waals surface area contributed by atoms with E-state index in [2.05, 4.69) is 25.2 Å². The van der Waals surface area contributed by atoms with Gasteiger partial charge in [-0.25, -0.2) is 19.9 Å². The van der Waals surface area contributed by atoms with Crippen molar-refractivity contribution in [2.45, 2.75) is 33.0 Å². The maximum absolute atomic E-state index is 10.0. The fourth-order valence-corrected chi connectivity index (χ4v) is 4.42. The van der Waals surface area contributed by atoms with Gasteiger partial charge in [-0.1, -0.05) is 11.6 Å². The molecule has 3 heterocycles. The molecule has 1 aliphatic heterocycles. The molecule has 0 aliphatic carbocycles. The number of nitrogens with one attached hydrogen (secondary N) is 1. The van der Waals surface area contributed by atoms with Crippen LogP contribution in [0.1, 0.15) is 29.4 Å². The molecule has 0 unspecified atom stereocenters. The Hall–Kier alpha value is -3.60. The van der Waals surface area contributed by atoms with Gasteiger partial charge in [-0.2, -0.15) is 0 Å². The summed E-state index contributed by atoms with van der Waals surface area (Å²) in [4.78, 5) is 25.1. The molecule has 4 rings (SSSR count). The first-order chi connectivity index (χ1) is 17.9. The van der Waals surface area contributed by atoms with E-state index >= 15 is 0 Å². The predicted octanol–water partition coefficient (Wildman–Crippen LogP) is 2.66. The van der Waals surface area contributed by atoms with Crippen LogP contribution in [-0.4, -0.2) is 64.1 Å².